The van der Waals surface area contributed by atoms with Crippen LogP contribution >= 0.6 is 0 Å². The van der Waals surface area contributed by atoms with Crippen molar-refractivity contribution >= 4 is 0 Å². The molecule has 0 aromatic heterocycles. The van der Waals surface area contributed by atoms with Gasteiger partial charge in [0.25, 0.3) is 0 Å². The topological polar surface area (TPSA) is 0 Å². The lowest BCUT2D eigenvalue weighted by molar-refractivity contribution is 0.492. The van der Waals surface area contributed by atoms with E-state index in [0.717, 1.165) is 5.92 Å². The molecule has 0 saturated carbocycles. The molecule has 1 atom stereocenters. The average Bonchev–Trinajstić information content (AvgIpc) is 2.60. The Hall–Kier alpha value is 0. The zero-order valence-corrected chi connectivity index (χ0v) is 17.8. The summed E-state index contributed by atoms with van der Waals surface area (Å²) in [4.78, 5) is 0. The molecule has 0 radical (unpaired) electrons. The van der Waals surface area contributed by atoms with E-state index < -0.39 is 0 Å². The first-order valence-electron chi connectivity index (χ1n) is 9.72. The molecule has 132 valence electrons. The highest BCUT2D eigenvalue weighted by Crippen LogP contribution is 2.09. The van der Waals surface area contributed by atoms with Crippen LogP contribution in [0.5, 0.6) is 0 Å². The van der Waals surface area contributed by atoms with E-state index in [1.165, 1.54) is 38.5 Å². The maximum atomic E-state index is 2.33. The lowest BCUT2D eigenvalue weighted by Crippen LogP contribution is -1.89. The van der Waals surface area contributed by atoms with E-state index in [1.54, 1.807) is 0 Å². The largest absolute Gasteiger partial charge is 0.0683 e. The molecule has 20 heavy (non-hydrogen) atoms. The summed E-state index contributed by atoms with van der Waals surface area (Å²) in [6.45, 7) is 27.2. The Morgan fingerprint density at radius 3 is 1.00 bits per heavy atom. The number of hydrogen-bond acceptors (Lipinski definition) is 0. The summed E-state index contributed by atoms with van der Waals surface area (Å²) in [5, 5.41) is 0. The van der Waals surface area contributed by atoms with Crippen molar-refractivity contribution in [1.82, 2.24) is 0 Å². The fraction of sp³-hybridized carbons (Fsp3) is 1.00. The normalized spacial score (nSPS) is 8.25. The van der Waals surface area contributed by atoms with Crippen LogP contribution in [0.4, 0.5) is 0 Å². The van der Waals surface area contributed by atoms with Crippen LogP contribution in [0, 0.1) is 5.92 Å². The van der Waals surface area contributed by atoms with Crippen LogP contribution < -0.4 is 0 Å². The molecule has 0 rings (SSSR count). The third-order valence-electron chi connectivity index (χ3n) is 2.25. The van der Waals surface area contributed by atoms with Crippen molar-refractivity contribution in [2.45, 2.75) is 129 Å². The smallest absolute Gasteiger partial charge is 0.0445 e. The van der Waals surface area contributed by atoms with Crippen LogP contribution in [-0.2, 0) is 0 Å². The Morgan fingerprint density at radius 2 is 0.850 bits per heavy atom. The van der Waals surface area contributed by atoms with Crippen molar-refractivity contribution in [3.05, 3.63) is 0 Å². The van der Waals surface area contributed by atoms with E-state index in [1.807, 2.05) is 55.4 Å². The Morgan fingerprint density at radius 1 is 0.550 bits per heavy atom. The molecule has 0 bridgehead atoms. The van der Waals surface area contributed by atoms with Crippen molar-refractivity contribution in [1.29, 1.82) is 0 Å². The van der Waals surface area contributed by atoms with Gasteiger partial charge in [0, 0.05) is 0 Å². The molecule has 0 heterocycles. The maximum absolute atomic E-state index is 2.33. The van der Waals surface area contributed by atoms with Gasteiger partial charge in [0.15, 0.2) is 0 Å². The predicted molar refractivity (Wildman–Crippen MR) is 105 cm³/mol. The summed E-state index contributed by atoms with van der Waals surface area (Å²) in [5.74, 6) is 0.954. The highest BCUT2D eigenvalue weighted by molar-refractivity contribution is 4.47. The molecule has 0 aliphatic rings. The van der Waals surface area contributed by atoms with Gasteiger partial charge < -0.3 is 0 Å². The second-order valence-electron chi connectivity index (χ2n) is 3.66. The lowest BCUT2D eigenvalue weighted by atomic mass is 10.0. The molecule has 0 N–H and O–H groups in total. The third kappa shape index (κ3) is 106. The molecule has 0 heteroatoms. The van der Waals surface area contributed by atoms with Crippen LogP contribution in [-0.4, -0.2) is 0 Å². The Labute approximate surface area is 135 Å². The van der Waals surface area contributed by atoms with Gasteiger partial charge in [-0.25, -0.2) is 0 Å². The molecule has 0 aromatic rings. The van der Waals surface area contributed by atoms with E-state index in [0.29, 0.717) is 0 Å². The second kappa shape index (κ2) is 76.0. The van der Waals surface area contributed by atoms with Gasteiger partial charge in [-0.3, -0.25) is 0 Å². The Kier molecular flexibility index (Phi) is 140. The fourth-order valence-corrected chi connectivity index (χ4v) is 0.757. The fourth-order valence-electron chi connectivity index (χ4n) is 0.757. The summed E-state index contributed by atoms with van der Waals surface area (Å²) < 4.78 is 0. The van der Waals surface area contributed by atoms with Gasteiger partial charge in [0.1, 0.15) is 0 Å². The van der Waals surface area contributed by atoms with Gasteiger partial charge in [-0.15, -0.1) is 0 Å². The number of rotatable bonds is 5. The van der Waals surface area contributed by atoms with E-state index in [9.17, 15) is 0 Å². The quantitative estimate of drug-likeness (QED) is 0.474. The van der Waals surface area contributed by atoms with Gasteiger partial charge in [-0.2, -0.15) is 0 Å². The molecule has 0 fully saturated rings. The minimum Gasteiger partial charge on any atom is -0.0683 e. The zero-order valence-electron chi connectivity index (χ0n) is 17.8. The average molecular weight is 293 g/mol. The van der Waals surface area contributed by atoms with Crippen LogP contribution in [0.1, 0.15) is 129 Å². The molecule has 1 unspecified atom stereocenters. The highest BCUT2D eigenvalue weighted by Gasteiger charge is 1.94. The lowest BCUT2D eigenvalue weighted by Gasteiger charge is -2.04. The Balaban J connectivity index is -0.0000000348. The summed E-state index contributed by atoms with van der Waals surface area (Å²) >= 11 is 0. The van der Waals surface area contributed by atoms with Gasteiger partial charge in [-0.1, -0.05) is 129 Å². The summed E-state index contributed by atoms with van der Waals surface area (Å²) in [7, 11) is 0. The first-order chi connectivity index (χ1) is 9.72. The van der Waals surface area contributed by atoms with E-state index >= 15 is 0 Å². The molecule has 0 aliphatic carbocycles. The molecule has 0 aliphatic heterocycles. The molecular weight excluding hydrogens is 240 g/mol. The Bertz CT molecular complexity index is 55.1. The zero-order chi connectivity index (χ0) is 17.8. The van der Waals surface area contributed by atoms with Crippen LogP contribution in [0.25, 0.3) is 0 Å². The maximum Gasteiger partial charge on any atom is -0.0445 e. The summed E-state index contributed by atoms with van der Waals surface area (Å²) in [6.07, 6.45) is 8.17. The summed E-state index contributed by atoms with van der Waals surface area (Å²) in [6, 6.07) is 0. The highest BCUT2D eigenvalue weighted by atomic mass is 14.0. The van der Waals surface area contributed by atoms with Crippen LogP contribution in [0.2, 0.25) is 0 Å². The molecular formula is C20H52. The van der Waals surface area contributed by atoms with Crippen molar-refractivity contribution in [3.8, 4) is 0 Å². The van der Waals surface area contributed by atoms with Gasteiger partial charge in [0.2, 0.25) is 0 Å². The molecule has 0 amide bonds. The first-order valence-corrected chi connectivity index (χ1v) is 9.72. The minimum absolute atomic E-state index is 0.954. The molecule has 0 spiro atoms. The van der Waals surface area contributed by atoms with E-state index in [2.05, 4.69) is 34.6 Å². The van der Waals surface area contributed by atoms with Crippen molar-refractivity contribution in [2.75, 3.05) is 0 Å². The number of hydrogen-bond donors (Lipinski definition) is 0. The van der Waals surface area contributed by atoms with Gasteiger partial charge >= 0.3 is 0 Å². The van der Waals surface area contributed by atoms with Crippen molar-refractivity contribution in [3.63, 3.8) is 0 Å². The third-order valence-corrected chi connectivity index (χ3v) is 2.25. The first kappa shape index (κ1) is 36.8. The molecule has 0 saturated heterocycles. The molecule has 0 aromatic carbocycles. The van der Waals surface area contributed by atoms with Gasteiger partial charge in [-0.05, 0) is 5.92 Å². The minimum atomic E-state index is 0.954. The van der Waals surface area contributed by atoms with E-state index in [-0.39, 0.29) is 0 Å². The van der Waals surface area contributed by atoms with Gasteiger partial charge in [0.05, 0.1) is 0 Å². The monoisotopic (exact) mass is 292 g/mol. The van der Waals surface area contributed by atoms with Crippen LogP contribution in [0.3, 0.4) is 0 Å². The standard InChI is InChI=1S/C8H18.C4H10.4C2H6/c1-4-6-7-8(3)5-2;1-3-4-2;4*1-2/h8H,4-7H2,1-3H3;3-4H2,1-2H3;4*1-2H3. The summed E-state index contributed by atoms with van der Waals surface area (Å²) in [5.41, 5.74) is 0. The van der Waals surface area contributed by atoms with Crippen molar-refractivity contribution in [2.24, 2.45) is 5.92 Å². The van der Waals surface area contributed by atoms with Crippen LogP contribution in [0.15, 0.2) is 0 Å². The molecule has 0 nitrogen and oxygen atoms in total. The predicted octanol–water partition coefficient (Wildman–Crippen LogP) is 9.13. The number of unbranched alkanes of at least 4 members (excludes halogenated alkanes) is 2. The SMILES string of the molecule is CC.CC.CC.CC.CCCC.CCCCC(C)CC. The van der Waals surface area contributed by atoms with Crippen molar-refractivity contribution < 1.29 is 0 Å². The second-order valence-corrected chi connectivity index (χ2v) is 3.66. The van der Waals surface area contributed by atoms with E-state index in [4.69, 9.17) is 0 Å².